The topological polar surface area (TPSA) is 73.9 Å². The van der Waals surface area contributed by atoms with Crippen LogP contribution in [0.25, 0.3) is 21.5 Å². The molecule has 1 aromatic carbocycles. The van der Waals surface area contributed by atoms with E-state index in [2.05, 4.69) is 25.4 Å². The third-order valence-corrected chi connectivity index (χ3v) is 6.58. The zero-order chi connectivity index (χ0) is 17.7. The molecule has 3 aliphatic rings. The smallest absolute Gasteiger partial charge is 0.272 e. The number of carbonyl (C=O) groups is 1. The van der Waals surface area contributed by atoms with Gasteiger partial charge in [0.25, 0.3) is 5.91 Å². The summed E-state index contributed by atoms with van der Waals surface area (Å²) in [7, 11) is 0. The van der Waals surface area contributed by atoms with Gasteiger partial charge in [-0.1, -0.05) is 6.07 Å². The van der Waals surface area contributed by atoms with Crippen LogP contribution in [-0.2, 0) is 0 Å². The average Bonchev–Trinajstić information content (AvgIpc) is 3.28. The van der Waals surface area contributed by atoms with Gasteiger partial charge in [0.1, 0.15) is 5.01 Å². The summed E-state index contributed by atoms with van der Waals surface area (Å²) in [6.07, 6.45) is 4.25. The molecule has 0 aliphatic carbocycles. The first-order valence-electron chi connectivity index (χ1n) is 9.11. The van der Waals surface area contributed by atoms with Gasteiger partial charge in [-0.25, -0.2) is 4.98 Å². The van der Waals surface area contributed by atoms with Crippen LogP contribution in [0.15, 0.2) is 24.4 Å². The van der Waals surface area contributed by atoms with Crippen LogP contribution in [0.3, 0.4) is 0 Å². The highest BCUT2D eigenvalue weighted by atomic mass is 35.5. The summed E-state index contributed by atoms with van der Waals surface area (Å²) in [5.41, 5.74) is 2.40. The van der Waals surface area contributed by atoms with Crippen molar-refractivity contribution in [3.8, 4) is 10.6 Å². The molecule has 6 rings (SSSR count). The lowest BCUT2D eigenvalue weighted by Crippen LogP contribution is -2.57. The van der Waals surface area contributed by atoms with Gasteiger partial charge in [-0.3, -0.25) is 9.89 Å². The number of halogens is 1. The van der Waals surface area contributed by atoms with Crippen molar-refractivity contribution in [2.24, 2.45) is 5.92 Å². The Hall–Kier alpha value is -1.96. The predicted octanol–water partition coefficient (Wildman–Crippen LogP) is 3.24. The highest BCUT2D eigenvalue weighted by Crippen LogP contribution is 2.30. The van der Waals surface area contributed by atoms with Crippen LogP contribution in [0.2, 0.25) is 0 Å². The molecule has 8 heteroatoms. The number of nitrogens with one attached hydrogen (secondary N) is 2. The number of aromatic amines is 1. The minimum atomic E-state index is -0.0761. The number of H-pyrrole nitrogens is 1. The number of hydrogen-bond acceptors (Lipinski definition) is 5. The third-order valence-electron chi connectivity index (χ3n) is 5.62. The van der Waals surface area contributed by atoms with Gasteiger partial charge >= 0.3 is 0 Å². The predicted molar refractivity (Wildman–Crippen MR) is 110 cm³/mol. The summed E-state index contributed by atoms with van der Waals surface area (Å²) in [5.74, 6) is 0.529. The van der Waals surface area contributed by atoms with Gasteiger partial charge in [0.2, 0.25) is 0 Å². The van der Waals surface area contributed by atoms with E-state index in [1.807, 2.05) is 31.3 Å². The molecular weight excluding hydrogens is 382 g/mol. The molecular formula is C19H22ClN5OS. The lowest BCUT2D eigenvalue weighted by molar-refractivity contribution is 0.0618. The molecule has 0 spiro atoms. The van der Waals surface area contributed by atoms with Gasteiger partial charge in [-0.2, -0.15) is 5.10 Å². The molecule has 2 N–H and O–H groups in total. The molecule has 27 heavy (non-hydrogen) atoms. The Morgan fingerprint density at radius 1 is 1.33 bits per heavy atom. The maximum atomic E-state index is 12.8. The van der Waals surface area contributed by atoms with E-state index in [1.165, 1.54) is 30.8 Å². The summed E-state index contributed by atoms with van der Waals surface area (Å²) in [5, 5.41) is 12.4. The number of benzene rings is 1. The molecule has 0 unspecified atom stereocenters. The second kappa shape index (κ2) is 7.22. The maximum absolute atomic E-state index is 12.8. The molecule has 0 saturated carbocycles. The van der Waals surface area contributed by atoms with Crippen LogP contribution in [0.1, 0.15) is 28.2 Å². The van der Waals surface area contributed by atoms with Gasteiger partial charge in [-0.15, -0.1) is 23.7 Å². The number of thiazole rings is 1. The number of aryl methyl sites for hydroxylation is 1. The fourth-order valence-electron chi connectivity index (χ4n) is 4.18. The summed E-state index contributed by atoms with van der Waals surface area (Å²) >= 11 is 1.66. The van der Waals surface area contributed by atoms with Crippen LogP contribution in [-0.4, -0.2) is 51.7 Å². The van der Waals surface area contributed by atoms with Crippen LogP contribution in [0, 0.1) is 12.8 Å². The van der Waals surface area contributed by atoms with Crippen LogP contribution in [0.4, 0.5) is 0 Å². The number of carbonyl (C=O) groups excluding carboxylic acids is 1. The summed E-state index contributed by atoms with van der Waals surface area (Å²) < 4.78 is 0. The lowest BCUT2D eigenvalue weighted by Gasteiger charge is -2.44. The van der Waals surface area contributed by atoms with Crippen LogP contribution < -0.4 is 5.32 Å². The molecule has 2 aromatic heterocycles. The van der Waals surface area contributed by atoms with Crippen molar-refractivity contribution in [1.29, 1.82) is 0 Å². The van der Waals surface area contributed by atoms with Crippen molar-refractivity contribution in [3.63, 3.8) is 0 Å². The monoisotopic (exact) mass is 403 g/mol. The Labute approximate surface area is 167 Å². The normalized spacial score (nSPS) is 24.0. The van der Waals surface area contributed by atoms with Crippen molar-refractivity contribution >= 4 is 40.6 Å². The van der Waals surface area contributed by atoms with Crippen molar-refractivity contribution < 1.29 is 4.79 Å². The quantitative estimate of drug-likeness (QED) is 0.704. The van der Waals surface area contributed by atoms with Gasteiger partial charge < -0.3 is 10.2 Å². The maximum Gasteiger partial charge on any atom is 0.272 e. The average molecular weight is 404 g/mol. The first-order valence-corrected chi connectivity index (χ1v) is 9.93. The lowest BCUT2D eigenvalue weighted by atomic mass is 9.84. The Balaban J connectivity index is 0.00000180. The Bertz CT molecular complexity index is 976. The molecule has 3 saturated heterocycles. The van der Waals surface area contributed by atoms with Gasteiger partial charge in [0, 0.05) is 34.6 Å². The van der Waals surface area contributed by atoms with Gasteiger partial charge in [0.15, 0.2) is 5.69 Å². The molecule has 3 aromatic rings. The first kappa shape index (κ1) is 18.4. The number of hydrogen-bond donors (Lipinski definition) is 2. The summed E-state index contributed by atoms with van der Waals surface area (Å²) in [6.45, 7) is 5.35. The molecule has 6 nitrogen and oxygen atoms in total. The van der Waals surface area contributed by atoms with E-state index in [1.54, 1.807) is 11.3 Å². The minimum absolute atomic E-state index is 0. The van der Waals surface area contributed by atoms with E-state index >= 15 is 0 Å². The summed E-state index contributed by atoms with van der Waals surface area (Å²) in [4.78, 5) is 20.9. The van der Waals surface area contributed by atoms with E-state index in [-0.39, 0.29) is 24.4 Å². The first-order chi connectivity index (χ1) is 12.7. The molecule has 5 heterocycles. The highest BCUT2D eigenvalue weighted by molar-refractivity contribution is 7.14. The fraction of sp³-hybridized carbons (Fsp3) is 0.421. The largest absolute Gasteiger partial charge is 0.346 e. The summed E-state index contributed by atoms with van der Waals surface area (Å²) in [6, 6.07) is 6.25. The Kier molecular flexibility index (Phi) is 4.92. The third kappa shape index (κ3) is 3.35. The van der Waals surface area contributed by atoms with E-state index in [9.17, 15) is 4.79 Å². The Morgan fingerprint density at radius 2 is 2.15 bits per heavy atom. The molecule has 1 atom stereocenters. The van der Waals surface area contributed by atoms with Crippen molar-refractivity contribution in [3.05, 3.63) is 35.0 Å². The van der Waals surface area contributed by atoms with E-state index in [0.29, 0.717) is 11.6 Å². The minimum Gasteiger partial charge on any atom is -0.346 e. The SMILES string of the molecule is Cc1cnc(-c2ccc3c(C(=O)N[C@@H]4CN5CCC4CC5)n[nH]c3c2)s1.Cl. The zero-order valence-corrected chi connectivity index (χ0v) is 16.7. The number of nitrogens with zero attached hydrogens (tertiary/aromatic N) is 3. The highest BCUT2D eigenvalue weighted by Gasteiger charge is 2.35. The van der Waals surface area contributed by atoms with Crippen molar-refractivity contribution in [2.45, 2.75) is 25.8 Å². The molecule has 3 aliphatic heterocycles. The Morgan fingerprint density at radius 3 is 2.81 bits per heavy atom. The van der Waals surface area contributed by atoms with Crippen LogP contribution >= 0.6 is 23.7 Å². The molecule has 142 valence electrons. The molecule has 2 bridgehead atoms. The van der Waals surface area contributed by atoms with E-state index in [4.69, 9.17) is 0 Å². The number of fused-ring (bicyclic) bond motifs is 4. The van der Waals surface area contributed by atoms with Crippen molar-refractivity contribution in [2.75, 3.05) is 19.6 Å². The number of aromatic nitrogens is 3. The molecule has 3 fully saturated rings. The standard InChI is InChI=1S/C19H21N5OS.ClH/c1-11-9-20-19(26-11)13-2-3-14-15(8-13)22-23-17(14)18(25)21-16-10-24-6-4-12(16)5-7-24;/h2-3,8-9,12,16H,4-7,10H2,1H3,(H,21,25)(H,22,23);1H/t16-;/m1./s1. The molecule has 1 amide bonds. The zero-order valence-electron chi connectivity index (χ0n) is 15.1. The number of rotatable bonds is 3. The van der Waals surface area contributed by atoms with Crippen molar-refractivity contribution in [1.82, 2.24) is 25.4 Å². The van der Waals surface area contributed by atoms with E-state index < -0.39 is 0 Å². The van der Waals surface area contributed by atoms with Gasteiger partial charge in [-0.05, 0) is 50.9 Å². The van der Waals surface area contributed by atoms with Crippen LogP contribution in [0.5, 0.6) is 0 Å². The number of amides is 1. The number of piperidine rings is 3. The molecule has 0 radical (unpaired) electrons. The van der Waals surface area contributed by atoms with Gasteiger partial charge in [0.05, 0.1) is 5.52 Å². The second-order valence-corrected chi connectivity index (χ2v) is 8.56. The second-order valence-electron chi connectivity index (χ2n) is 7.33. The van der Waals surface area contributed by atoms with E-state index in [0.717, 1.165) is 28.0 Å². The fourth-order valence-corrected chi connectivity index (χ4v) is 4.94.